The number of non-ortho nitro benzene ring substituents is 1. The molecule has 1 aromatic rings. The van der Waals surface area contributed by atoms with Gasteiger partial charge in [0.1, 0.15) is 0 Å². The van der Waals surface area contributed by atoms with Gasteiger partial charge < -0.3 is 9.80 Å². The smallest absolute Gasteiger partial charge is 0.269 e. The van der Waals surface area contributed by atoms with Crippen LogP contribution in [0.25, 0.3) is 0 Å². The summed E-state index contributed by atoms with van der Waals surface area (Å²) in [5.41, 5.74) is 0.813. The molecule has 124 valence electrons. The summed E-state index contributed by atoms with van der Waals surface area (Å²) in [5.74, 6) is 0.109. The van der Waals surface area contributed by atoms with Crippen molar-refractivity contribution in [2.75, 3.05) is 44.7 Å². The fourth-order valence-corrected chi connectivity index (χ4v) is 3.33. The van der Waals surface area contributed by atoms with Crippen molar-refractivity contribution in [3.8, 4) is 0 Å². The third kappa shape index (κ3) is 3.51. The average Bonchev–Trinajstić information content (AvgIpc) is 2.90. The number of carbonyl (C=O) groups excluding carboxylic acids is 1. The van der Waals surface area contributed by atoms with Gasteiger partial charge in [0.25, 0.3) is 5.69 Å². The van der Waals surface area contributed by atoms with E-state index in [2.05, 4.69) is 16.8 Å². The van der Waals surface area contributed by atoms with E-state index in [1.807, 2.05) is 4.90 Å². The lowest BCUT2D eigenvalue weighted by Gasteiger charge is -2.36. The zero-order valence-corrected chi connectivity index (χ0v) is 13.4. The first-order valence-corrected chi connectivity index (χ1v) is 8.02. The minimum atomic E-state index is -0.419. The second-order valence-corrected chi connectivity index (χ2v) is 6.33. The fourth-order valence-electron chi connectivity index (χ4n) is 3.33. The highest BCUT2D eigenvalue weighted by Gasteiger charge is 2.33. The van der Waals surface area contributed by atoms with Gasteiger partial charge in [-0.25, -0.2) is 0 Å². The molecule has 23 heavy (non-hydrogen) atoms. The van der Waals surface area contributed by atoms with Crippen LogP contribution in [-0.4, -0.2) is 66.4 Å². The molecule has 7 nitrogen and oxygen atoms in total. The number of nitro groups is 1. The van der Waals surface area contributed by atoms with Gasteiger partial charge in [0.2, 0.25) is 5.91 Å². The highest BCUT2D eigenvalue weighted by molar-refractivity contribution is 5.96. The Kier molecular flexibility index (Phi) is 4.58. The molecule has 1 aromatic carbocycles. The normalized spacial score (nSPS) is 23.4. The maximum atomic E-state index is 12.3. The van der Waals surface area contributed by atoms with E-state index in [-0.39, 0.29) is 17.6 Å². The van der Waals surface area contributed by atoms with E-state index in [1.54, 1.807) is 12.1 Å². The van der Waals surface area contributed by atoms with Gasteiger partial charge in [0.05, 0.1) is 11.0 Å². The maximum absolute atomic E-state index is 12.3. The highest BCUT2D eigenvalue weighted by atomic mass is 16.6. The molecule has 2 saturated heterocycles. The van der Waals surface area contributed by atoms with E-state index >= 15 is 0 Å². The molecular weight excluding hydrogens is 296 g/mol. The number of piperazine rings is 1. The zero-order chi connectivity index (χ0) is 16.4. The lowest BCUT2D eigenvalue weighted by Crippen LogP contribution is -2.49. The van der Waals surface area contributed by atoms with Gasteiger partial charge in [0.15, 0.2) is 0 Å². The summed E-state index contributed by atoms with van der Waals surface area (Å²) >= 11 is 0. The minimum Gasteiger partial charge on any atom is -0.308 e. The van der Waals surface area contributed by atoms with Crippen molar-refractivity contribution in [2.24, 2.45) is 0 Å². The number of hydrogen-bond donors (Lipinski definition) is 0. The summed E-state index contributed by atoms with van der Waals surface area (Å²) in [6.07, 6.45) is 1.40. The fraction of sp³-hybridized carbons (Fsp3) is 0.562. The molecule has 2 fully saturated rings. The van der Waals surface area contributed by atoms with Gasteiger partial charge in [-0.1, -0.05) is 0 Å². The van der Waals surface area contributed by atoms with E-state index < -0.39 is 4.92 Å². The minimum absolute atomic E-state index is 0.0519. The molecule has 1 unspecified atom stereocenters. The molecule has 0 radical (unpaired) electrons. The molecule has 0 aliphatic carbocycles. The first kappa shape index (κ1) is 15.9. The van der Waals surface area contributed by atoms with E-state index in [0.29, 0.717) is 6.42 Å². The van der Waals surface area contributed by atoms with E-state index in [0.717, 1.165) is 44.8 Å². The standard InChI is InChI=1S/C16H22N4O3/c1-17-8-10-18(11-9-17)12-15-6-7-16(21)19(15)13-2-4-14(5-3-13)20(22)23/h2-5,15H,6-12H2,1H3. The molecule has 1 atom stereocenters. The molecule has 2 heterocycles. The van der Waals surface area contributed by atoms with Crippen molar-refractivity contribution >= 4 is 17.3 Å². The topological polar surface area (TPSA) is 69.9 Å². The second kappa shape index (κ2) is 6.64. The Morgan fingerprint density at radius 3 is 2.43 bits per heavy atom. The number of hydrogen-bond acceptors (Lipinski definition) is 5. The van der Waals surface area contributed by atoms with E-state index in [1.165, 1.54) is 12.1 Å². The van der Waals surface area contributed by atoms with Crippen molar-refractivity contribution in [3.05, 3.63) is 34.4 Å². The van der Waals surface area contributed by atoms with Gasteiger partial charge >= 0.3 is 0 Å². The number of nitro benzene ring substituents is 1. The molecular formula is C16H22N4O3. The Hall–Kier alpha value is -1.99. The Labute approximate surface area is 135 Å². The van der Waals surface area contributed by atoms with Crippen LogP contribution in [0.3, 0.4) is 0 Å². The Morgan fingerprint density at radius 2 is 1.83 bits per heavy atom. The van der Waals surface area contributed by atoms with Crippen LogP contribution in [0, 0.1) is 10.1 Å². The molecule has 3 rings (SSSR count). The summed E-state index contributed by atoms with van der Waals surface area (Å²) in [6.45, 7) is 5.03. The van der Waals surface area contributed by atoms with Crippen LogP contribution in [0.1, 0.15) is 12.8 Å². The largest absolute Gasteiger partial charge is 0.308 e. The molecule has 7 heteroatoms. The molecule has 0 saturated carbocycles. The van der Waals surface area contributed by atoms with Gasteiger partial charge in [-0.3, -0.25) is 19.8 Å². The summed E-state index contributed by atoms with van der Waals surface area (Å²) < 4.78 is 0. The van der Waals surface area contributed by atoms with Crippen LogP contribution in [0.15, 0.2) is 24.3 Å². The quantitative estimate of drug-likeness (QED) is 0.619. The lowest BCUT2D eigenvalue weighted by atomic mass is 10.1. The number of carbonyl (C=O) groups is 1. The van der Waals surface area contributed by atoms with Crippen LogP contribution in [-0.2, 0) is 4.79 Å². The first-order valence-electron chi connectivity index (χ1n) is 8.02. The maximum Gasteiger partial charge on any atom is 0.269 e. The van der Waals surface area contributed by atoms with Gasteiger partial charge in [0, 0.05) is 57.0 Å². The third-order valence-electron chi connectivity index (χ3n) is 4.73. The zero-order valence-electron chi connectivity index (χ0n) is 13.4. The number of benzene rings is 1. The van der Waals surface area contributed by atoms with Crippen molar-refractivity contribution in [3.63, 3.8) is 0 Å². The Bertz CT molecular complexity index is 581. The lowest BCUT2D eigenvalue weighted by molar-refractivity contribution is -0.384. The summed E-state index contributed by atoms with van der Waals surface area (Å²) in [7, 11) is 2.12. The van der Waals surface area contributed by atoms with Crippen molar-refractivity contribution in [1.29, 1.82) is 0 Å². The second-order valence-electron chi connectivity index (χ2n) is 6.33. The van der Waals surface area contributed by atoms with Gasteiger partial charge in [-0.15, -0.1) is 0 Å². The van der Waals surface area contributed by atoms with Gasteiger partial charge in [-0.2, -0.15) is 0 Å². The van der Waals surface area contributed by atoms with Crippen molar-refractivity contribution in [2.45, 2.75) is 18.9 Å². The summed E-state index contributed by atoms with van der Waals surface area (Å²) in [4.78, 5) is 29.1. The van der Waals surface area contributed by atoms with Crippen LogP contribution in [0.2, 0.25) is 0 Å². The third-order valence-corrected chi connectivity index (χ3v) is 4.73. The SMILES string of the molecule is CN1CCN(CC2CCC(=O)N2c2ccc([N+](=O)[O-])cc2)CC1. The predicted molar refractivity (Wildman–Crippen MR) is 87.5 cm³/mol. The van der Waals surface area contributed by atoms with Crippen LogP contribution < -0.4 is 4.90 Å². The molecule has 0 spiro atoms. The van der Waals surface area contributed by atoms with E-state index in [9.17, 15) is 14.9 Å². The number of amides is 1. The highest BCUT2D eigenvalue weighted by Crippen LogP contribution is 2.28. The Balaban J connectivity index is 1.70. The first-order chi connectivity index (χ1) is 11.0. The molecule has 0 aromatic heterocycles. The number of anilines is 1. The van der Waals surface area contributed by atoms with E-state index in [4.69, 9.17) is 0 Å². The van der Waals surface area contributed by atoms with Crippen LogP contribution in [0.4, 0.5) is 11.4 Å². The Morgan fingerprint density at radius 1 is 1.17 bits per heavy atom. The van der Waals surface area contributed by atoms with Crippen LogP contribution >= 0.6 is 0 Å². The van der Waals surface area contributed by atoms with Gasteiger partial charge in [-0.05, 0) is 25.6 Å². The number of rotatable bonds is 4. The molecule has 0 bridgehead atoms. The van der Waals surface area contributed by atoms with Crippen molar-refractivity contribution < 1.29 is 9.72 Å². The summed E-state index contributed by atoms with van der Waals surface area (Å²) in [5, 5.41) is 10.8. The monoisotopic (exact) mass is 318 g/mol. The van der Waals surface area contributed by atoms with Crippen LogP contribution in [0.5, 0.6) is 0 Å². The number of nitrogens with zero attached hydrogens (tertiary/aromatic N) is 4. The predicted octanol–water partition coefficient (Wildman–Crippen LogP) is 1.34. The molecule has 1 amide bonds. The molecule has 0 N–H and O–H groups in total. The average molecular weight is 318 g/mol. The summed E-state index contributed by atoms with van der Waals surface area (Å²) in [6, 6.07) is 6.45. The van der Waals surface area contributed by atoms with Crippen molar-refractivity contribution in [1.82, 2.24) is 9.80 Å². The molecule has 2 aliphatic rings. The number of likely N-dealkylation sites (N-methyl/N-ethyl adjacent to an activating group) is 1. The molecule has 2 aliphatic heterocycles.